The maximum absolute atomic E-state index is 12.9. The number of hydrogen-bond donors (Lipinski definition) is 2. The van der Waals surface area contributed by atoms with E-state index in [1.54, 1.807) is 42.5 Å². The highest BCUT2D eigenvalue weighted by Crippen LogP contribution is 2.23. The standard InChI is InChI=1S/C25H24N4O4/c1-17-7-6-12-29-14-19(27-24(17)29)15-33-22-11-4-3-10-21(22)25(31)28-18-8-5-9-20(13-18)32-16-23(30)26-2/h3-14H,15-16H2,1-2H3,(H,26,30)(H,28,31). The molecule has 2 aromatic carbocycles. The van der Waals surface area contributed by atoms with Crippen LogP contribution in [0.15, 0.2) is 73.1 Å². The van der Waals surface area contributed by atoms with Crippen molar-refractivity contribution in [3.8, 4) is 11.5 Å². The Kier molecular flexibility index (Phi) is 6.54. The largest absolute Gasteiger partial charge is 0.486 e. The molecule has 0 aliphatic carbocycles. The van der Waals surface area contributed by atoms with Gasteiger partial charge in [-0.25, -0.2) is 4.98 Å². The van der Waals surface area contributed by atoms with E-state index in [9.17, 15) is 9.59 Å². The predicted molar refractivity (Wildman–Crippen MR) is 125 cm³/mol. The van der Waals surface area contributed by atoms with E-state index in [0.717, 1.165) is 16.9 Å². The highest BCUT2D eigenvalue weighted by molar-refractivity contribution is 6.06. The Morgan fingerprint density at radius 3 is 2.70 bits per heavy atom. The second-order valence-corrected chi connectivity index (χ2v) is 7.38. The van der Waals surface area contributed by atoms with Crippen LogP contribution in [0.5, 0.6) is 11.5 Å². The fraction of sp³-hybridized carbons (Fsp3) is 0.160. The number of anilines is 1. The van der Waals surface area contributed by atoms with E-state index in [-0.39, 0.29) is 25.0 Å². The van der Waals surface area contributed by atoms with Crippen molar-refractivity contribution in [3.63, 3.8) is 0 Å². The Morgan fingerprint density at radius 1 is 1.03 bits per heavy atom. The lowest BCUT2D eigenvalue weighted by atomic mass is 10.2. The Hall–Kier alpha value is -4.33. The van der Waals surface area contributed by atoms with Gasteiger partial charge in [-0.15, -0.1) is 0 Å². The fourth-order valence-electron chi connectivity index (χ4n) is 3.29. The molecule has 0 atom stereocenters. The third kappa shape index (κ3) is 5.30. The van der Waals surface area contributed by atoms with Gasteiger partial charge in [-0.3, -0.25) is 9.59 Å². The minimum atomic E-state index is -0.320. The van der Waals surface area contributed by atoms with Crippen LogP contribution in [0.3, 0.4) is 0 Å². The van der Waals surface area contributed by atoms with Crippen LogP contribution in [-0.2, 0) is 11.4 Å². The van der Waals surface area contributed by atoms with Crippen LogP contribution in [0, 0.1) is 6.92 Å². The number of carbonyl (C=O) groups is 2. The van der Waals surface area contributed by atoms with Gasteiger partial charge in [0.05, 0.1) is 11.3 Å². The smallest absolute Gasteiger partial charge is 0.259 e. The SMILES string of the molecule is CNC(=O)COc1cccc(NC(=O)c2ccccc2OCc2cn3cccc(C)c3n2)c1. The average molecular weight is 444 g/mol. The normalized spacial score (nSPS) is 10.6. The molecule has 8 nitrogen and oxygen atoms in total. The Bertz CT molecular complexity index is 1300. The van der Waals surface area contributed by atoms with Crippen LogP contribution in [0.4, 0.5) is 5.69 Å². The van der Waals surface area contributed by atoms with Crippen molar-refractivity contribution in [1.82, 2.24) is 14.7 Å². The minimum Gasteiger partial charge on any atom is -0.486 e. The van der Waals surface area contributed by atoms with Gasteiger partial charge in [-0.1, -0.05) is 24.3 Å². The summed E-state index contributed by atoms with van der Waals surface area (Å²) >= 11 is 0. The summed E-state index contributed by atoms with van der Waals surface area (Å²) in [5.74, 6) is 0.370. The molecule has 4 rings (SSSR count). The van der Waals surface area contributed by atoms with E-state index < -0.39 is 0 Å². The third-order valence-corrected chi connectivity index (χ3v) is 4.98. The van der Waals surface area contributed by atoms with Gasteiger partial charge >= 0.3 is 0 Å². The van der Waals surface area contributed by atoms with Gasteiger partial charge in [-0.05, 0) is 42.8 Å². The summed E-state index contributed by atoms with van der Waals surface area (Å²) in [7, 11) is 1.54. The molecular formula is C25H24N4O4. The second kappa shape index (κ2) is 9.86. The lowest BCUT2D eigenvalue weighted by Gasteiger charge is -2.12. The molecule has 0 aliphatic rings. The molecule has 0 aliphatic heterocycles. The highest BCUT2D eigenvalue weighted by atomic mass is 16.5. The maximum atomic E-state index is 12.9. The van der Waals surface area contributed by atoms with E-state index in [1.807, 2.05) is 41.9 Å². The van der Waals surface area contributed by atoms with Gasteiger partial charge in [0.2, 0.25) is 0 Å². The Morgan fingerprint density at radius 2 is 1.88 bits per heavy atom. The van der Waals surface area contributed by atoms with E-state index >= 15 is 0 Å². The molecule has 2 aromatic heterocycles. The lowest BCUT2D eigenvalue weighted by molar-refractivity contribution is -0.122. The molecular weight excluding hydrogens is 420 g/mol. The quantitative estimate of drug-likeness (QED) is 0.433. The number of likely N-dealkylation sites (N-methyl/N-ethyl adjacent to an activating group) is 1. The van der Waals surface area contributed by atoms with Gasteiger partial charge in [0, 0.05) is 31.2 Å². The number of fused-ring (bicyclic) bond motifs is 1. The van der Waals surface area contributed by atoms with Crippen molar-refractivity contribution in [1.29, 1.82) is 0 Å². The summed E-state index contributed by atoms with van der Waals surface area (Å²) in [6, 6.07) is 17.9. The molecule has 0 radical (unpaired) electrons. The number of aromatic nitrogens is 2. The maximum Gasteiger partial charge on any atom is 0.259 e. The van der Waals surface area contributed by atoms with Crippen LogP contribution in [0.25, 0.3) is 5.65 Å². The number of ether oxygens (including phenoxy) is 2. The number of aryl methyl sites for hydroxylation is 1. The minimum absolute atomic E-state index is 0.104. The molecule has 0 unspecified atom stereocenters. The number of hydrogen-bond acceptors (Lipinski definition) is 5. The first-order valence-corrected chi connectivity index (χ1v) is 10.4. The van der Waals surface area contributed by atoms with Crippen LogP contribution in [0.1, 0.15) is 21.6 Å². The van der Waals surface area contributed by atoms with Crippen molar-refractivity contribution < 1.29 is 19.1 Å². The number of nitrogens with one attached hydrogen (secondary N) is 2. The summed E-state index contributed by atoms with van der Waals surface area (Å²) in [6.07, 6.45) is 3.85. The van der Waals surface area contributed by atoms with Crippen LogP contribution >= 0.6 is 0 Å². The Balaban J connectivity index is 1.45. The molecule has 2 N–H and O–H groups in total. The molecule has 4 aromatic rings. The molecule has 0 spiro atoms. The monoisotopic (exact) mass is 444 g/mol. The molecule has 2 heterocycles. The highest BCUT2D eigenvalue weighted by Gasteiger charge is 2.14. The zero-order valence-corrected chi connectivity index (χ0v) is 18.4. The summed E-state index contributed by atoms with van der Waals surface area (Å²) < 4.78 is 13.3. The second-order valence-electron chi connectivity index (χ2n) is 7.38. The average Bonchev–Trinajstić information content (AvgIpc) is 3.26. The molecule has 168 valence electrons. The molecule has 8 heteroatoms. The van der Waals surface area contributed by atoms with Gasteiger partial charge in [0.1, 0.15) is 23.8 Å². The number of imidazole rings is 1. The number of rotatable bonds is 8. The van der Waals surface area contributed by atoms with Crippen LogP contribution < -0.4 is 20.1 Å². The number of nitrogens with zero attached hydrogens (tertiary/aromatic N) is 2. The van der Waals surface area contributed by atoms with E-state index in [2.05, 4.69) is 15.6 Å². The first-order chi connectivity index (χ1) is 16.0. The number of pyridine rings is 1. The van der Waals surface area contributed by atoms with Crippen molar-refractivity contribution >= 4 is 23.1 Å². The molecule has 2 amide bonds. The van der Waals surface area contributed by atoms with Gasteiger partial charge in [-0.2, -0.15) is 0 Å². The van der Waals surface area contributed by atoms with E-state index in [4.69, 9.17) is 9.47 Å². The van der Waals surface area contributed by atoms with Gasteiger partial charge < -0.3 is 24.5 Å². The molecule has 0 bridgehead atoms. The van der Waals surface area contributed by atoms with Crippen LogP contribution in [-0.4, -0.2) is 34.9 Å². The van der Waals surface area contributed by atoms with Crippen molar-refractivity contribution in [2.24, 2.45) is 0 Å². The number of benzene rings is 2. The fourth-order valence-corrected chi connectivity index (χ4v) is 3.29. The first kappa shape index (κ1) is 21.9. The zero-order valence-electron chi connectivity index (χ0n) is 18.4. The predicted octanol–water partition coefficient (Wildman–Crippen LogP) is 3.60. The number of para-hydroxylation sites is 1. The summed E-state index contributed by atoms with van der Waals surface area (Å²) in [6.45, 7) is 2.13. The summed E-state index contributed by atoms with van der Waals surface area (Å²) in [4.78, 5) is 28.9. The third-order valence-electron chi connectivity index (χ3n) is 4.98. The molecule has 0 saturated carbocycles. The Labute approximate surface area is 191 Å². The number of carbonyl (C=O) groups excluding carboxylic acids is 2. The summed E-state index contributed by atoms with van der Waals surface area (Å²) in [5, 5.41) is 5.34. The summed E-state index contributed by atoms with van der Waals surface area (Å²) in [5.41, 5.74) is 3.65. The lowest BCUT2D eigenvalue weighted by Crippen LogP contribution is -2.24. The van der Waals surface area contributed by atoms with E-state index in [1.165, 1.54) is 7.05 Å². The van der Waals surface area contributed by atoms with Crippen molar-refractivity contribution in [2.45, 2.75) is 13.5 Å². The topological polar surface area (TPSA) is 94.0 Å². The number of amides is 2. The van der Waals surface area contributed by atoms with Crippen molar-refractivity contribution in [3.05, 3.63) is 89.9 Å². The van der Waals surface area contributed by atoms with Crippen molar-refractivity contribution in [2.75, 3.05) is 19.0 Å². The molecule has 0 saturated heterocycles. The molecule has 33 heavy (non-hydrogen) atoms. The zero-order chi connectivity index (χ0) is 23.2. The van der Waals surface area contributed by atoms with Gasteiger partial charge in [0.25, 0.3) is 11.8 Å². The molecule has 0 fully saturated rings. The first-order valence-electron chi connectivity index (χ1n) is 10.4. The van der Waals surface area contributed by atoms with E-state index in [0.29, 0.717) is 22.7 Å². The van der Waals surface area contributed by atoms with Gasteiger partial charge in [0.15, 0.2) is 6.61 Å². The van der Waals surface area contributed by atoms with Crippen LogP contribution in [0.2, 0.25) is 0 Å².